The average molecular weight is 217 g/mol. The van der Waals surface area contributed by atoms with Crippen LogP contribution in [-0.4, -0.2) is 0 Å². The van der Waals surface area contributed by atoms with Crippen molar-refractivity contribution in [2.24, 2.45) is 0 Å². The number of hydrogen-bond donors (Lipinski definition) is 1. The molecule has 0 spiro atoms. The van der Waals surface area contributed by atoms with Crippen LogP contribution in [0.2, 0.25) is 0 Å². The van der Waals surface area contributed by atoms with Crippen LogP contribution in [-0.2, 0) is 5.75 Å². The average Bonchev–Trinajstić information content (AvgIpc) is 1.88. The molecule has 0 aliphatic carbocycles. The molecule has 0 aliphatic heterocycles. The first-order valence-electron chi connectivity index (χ1n) is 3.10. The minimum Gasteiger partial charge on any atom is -0.175 e. The number of benzene rings is 1. The lowest BCUT2D eigenvalue weighted by atomic mass is 10.1. The van der Waals surface area contributed by atoms with Gasteiger partial charge in [-0.25, -0.2) is 0 Å². The van der Waals surface area contributed by atoms with Crippen LogP contribution in [0.25, 0.3) is 0 Å². The summed E-state index contributed by atoms with van der Waals surface area (Å²) >= 11 is 7.60. The van der Waals surface area contributed by atoms with E-state index >= 15 is 0 Å². The van der Waals surface area contributed by atoms with Gasteiger partial charge >= 0.3 is 0 Å². The molecule has 2 heteroatoms. The van der Waals surface area contributed by atoms with Crippen molar-refractivity contribution < 1.29 is 0 Å². The van der Waals surface area contributed by atoms with Crippen molar-refractivity contribution in [3.05, 3.63) is 33.8 Å². The number of rotatable bonds is 1. The molecule has 0 atom stereocenters. The van der Waals surface area contributed by atoms with E-state index in [2.05, 4.69) is 47.6 Å². The van der Waals surface area contributed by atoms with E-state index in [0.717, 1.165) is 10.2 Å². The summed E-state index contributed by atoms with van der Waals surface area (Å²) in [5.41, 5.74) is 2.59. The second-order valence-electron chi connectivity index (χ2n) is 2.23. The first-order chi connectivity index (χ1) is 4.74. The van der Waals surface area contributed by atoms with Gasteiger partial charge < -0.3 is 0 Å². The van der Waals surface area contributed by atoms with Crippen molar-refractivity contribution in [3.63, 3.8) is 0 Å². The van der Waals surface area contributed by atoms with E-state index < -0.39 is 0 Å². The van der Waals surface area contributed by atoms with E-state index in [-0.39, 0.29) is 0 Å². The van der Waals surface area contributed by atoms with Gasteiger partial charge in [-0.2, -0.15) is 12.6 Å². The first kappa shape index (κ1) is 8.15. The Labute approximate surface area is 75.2 Å². The highest BCUT2D eigenvalue weighted by atomic mass is 79.9. The van der Waals surface area contributed by atoms with Crippen molar-refractivity contribution in [1.29, 1.82) is 0 Å². The predicted molar refractivity (Wildman–Crippen MR) is 51.6 cm³/mol. The van der Waals surface area contributed by atoms with Gasteiger partial charge in [-0.1, -0.05) is 22.0 Å². The molecule has 54 valence electrons. The van der Waals surface area contributed by atoms with Gasteiger partial charge in [0, 0.05) is 10.2 Å². The third-order valence-electron chi connectivity index (χ3n) is 1.47. The normalized spacial score (nSPS) is 9.90. The van der Waals surface area contributed by atoms with Gasteiger partial charge in [0.2, 0.25) is 0 Å². The highest BCUT2D eigenvalue weighted by Gasteiger charge is 1.94. The molecule has 0 heterocycles. The number of hydrogen-bond acceptors (Lipinski definition) is 1. The molecule has 0 saturated carbocycles. The van der Waals surface area contributed by atoms with E-state index in [1.165, 1.54) is 11.1 Å². The first-order valence-corrected chi connectivity index (χ1v) is 4.52. The quantitative estimate of drug-likeness (QED) is 0.686. The molecule has 0 bridgehead atoms. The van der Waals surface area contributed by atoms with Gasteiger partial charge in [0.25, 0.3) is 0 Å². The predicted octanol–water partition coefficient (Wildman–Crippen LogP) is 3.19. The summed E-state index contributed by atoms with van der Waals surface area (Å²) in [4.78, 5) is 0. The zero-order valence-corrected chi connectivity index (χ0v) is 8.24. The van der Waals surface area contributed by atoms with Crippen LogP contribution in [0.3, 0.4) is 0 Å². The highest BCUT2D eigenvalue weighted by Crippen LogP contribution is 2.16. The number of thiol groups is 1. The van der Waals surface area contributed by atoms with Crippen LogP contribution >= 0.6 is 28.6 Å². The van der Waals surface area contributed by atoms with E-state index in [4.69, 9.17) is 0 Å². The Bertz CT molecular complexity index is 233. The molecule has 0 fully saturated rings. The van der Waals surface area contributed by atoms with E-state index in [0.29, 0.717) is 0 Å². The van der Waals surface area contributed by atoms with E-state index in [1.54, 1.807) is 0 Å². The SMILES string of the molecule is Cc1cc(Br)ccc1CS. The molecule has 0 N–H and O–H groups in total. The summed E-state index contributed by atoms with van der Waals surface area (Å²) in [6, 6.07) is 6.23. The van der Waals surface area contributed by atoms with E-state index in [1.807, 2.05) is 6.07 Å². The molecule has 1 rings (SSSR count). The zero-order chi connectivity index (χ0) is 7.56. The molecule has 0 saturated heterocycles. The van der Waals surface area contributed by atoms with E-state index in [9.17, 15) is 0 Å². The van der Waals surface area contributed by atoms with Crippen molar-refractivity contribution in [3.8, 4) is 0 Å². The Morgan fingerprint density at radius 3 is 2.70 bits per heavy atom. The van der Waals surface area contributed by atoms with Crippen molar-refractivity contribution in [2.45, 2.75) is 12.7 Å². The maximum atomic E-state index is 4.20. The molecule has 1 aromatic rings. The Balaban J connectivity index is 3.07. The zero-order valence-electron chi connectivity index (χ0n) is 5.76. The van der Waals surface area contributed by atoms with Gasteiger partial charge in [0.05, 0.1) is 0 Å². The number of aryl methyl sites for hydroxylation is 1. The maximum Gasteiger partial charge on any atom is 0.0178 e. The monoisotopic (exact) mass is 216 g/mol. The maximum absolute atomic E-state index is 4.20. The van der Waals surface area contributed by atoms with Gasteiger partial charge in [-0.15, -0.1) is 0 Å². The molecule has 0 nitrogen and oxygen atoms in total. The summed E-state index contributed by atoms with van der Waals surface area (Å²) in [5, 5.41) is 0. The molecule has 10 heavy (non-hydrogen) atoms. The molecule has 0 amide bonds. The highest BCUT2D eigenvalue weighted by molar-refractivity contribution is 9.10. The third kappa shape index (κ3) is 1.77. The fourth-order valence-corrected chi connectivity index (χ4v) is 1.67. The number of halogens is 1. The minimum atomic E-state index is 0.819. The smallest absolute Gasteiger partial charge is 0.0178 e. The van der Waals surface area contributed by atoms with Crippen molar-refractivity contribution >= 4 is 28.6 Å². The topological polar surface area (TPSA) is 0 Å². The third-order valence-corrected chi connectivity index (χ3v) is 2.31. The summed E-state index contributed by atoms with van der Waals surface area (Å²) in [5.74, 6) is 0.819. The summed E-state index contributed by atoms with van der Waals surface area (Å²) in [6.45, 7) is 2.09. The van der Waals surface area contributed by atoms with Crippen molar-refractivity contribution in [2.75, 3.05) is 0 Å². The van der Waals surface area contributed by atoms with Crippen LogP contribution in [0.4, 0.5) is 0 Å². The second kappa shape index (κ2) is 3.44. The van der Waals surface area contributed by atoms with Gasteiger partial charge in [-0.05, 0) is 30.2 Å². The lowest BCUT2D eigenvalue weighted by Gasteiger charge is -2.00. The Morgan fingerprint density at radius 2 is 2.20 bits per heavy atom. The van der Waals surface area contributed by atoms with Crippen LogP contribution < -0.4 is 0 Å². The van der Waals surface area contributed by atoms with Crippen LogP contribution in [0.1, 0.15) is 11.1 Å². The fraction of sp³-hybridized carbons (Fsp3) is 0.250. The molecule has 0 aromatic heterocycles. The molecule has 0 radical (unpaired) electrons. The second-order valence-corrected chi connectivity index (χ2v) is 3.46. The van der Waals surface area contributed by atoms with Gasteiger partial charge in [0.1, 0.15) is 0 Å². The van der Waals surface area contributed by atoms with Crippen molar-refractivity contribution in [1.82, 2.24) is 0 Å². The molecule has 0 aliphatic rings. The Hall–Kier alpha value is 0.0500. The molecular weight excluding hydrogens is 208 g/mol. The minimum absolute atomic E-state index is 0.819. The molecule has 0 unspecified atom stereocenters. The summed E-state index contributed by atoms with van der Waals surface area (Å²) in [7, 11) is 0. The fourth-order valence-electron chi connectivity index (χ4n) is 0.837. The lowest BCUT2D eigenvalue weighted by molar-refractivity contribution is 1.30. The lowest BCUT2D eigenvalue weighted by Crippen LogP contribution is -1.82. The molecule has 1 aromatic carbocycles. The standard InChI is InChI=1S/C8H9BrS/c1-6-4-8(9)3-2-7(6)5-10/h2-4,10H,5H2,1H3. The van der Waals surface area contributed by atoms with Crippen LogP contribution in [0.5, 0.6) is 0 Å². The Morgan fingerprint density at radius 1 is 1.50 bits per heavy atom. The van der Waals surface area contributed by atoms with Gasteiger partial charge in [0.15, 0.2) is 0 Å². The summed E-state index contributed by atoms with van der Waals surface area (Å²) in [6.07, 6.45) is 0. The van der Waals surface area contributed by atoms with Crippen LogP contribution in [0, 0.1) is 6.92 Å². The van der Waals surface area contributed by atoms with Gasteiger partial charge in [-0.3, -0.25) is 0 Å². The Kier molecular flexibility index (Phi) is 2.81. The summed E-state index contributed by atoms with van der Waals surface area (Å²) < 4.78 is 1.13. The molecular formula is C8H9BrS. The van der Waals surface area contributed by atoms with Crippen LogP contribution in [0.15, 0.2) is 22.7 Å². The largest absolute Gasteiger partial charge is 0.175 e.